The molecule has 0 saturated carbocycles. The van der Waals surface area contributed by atoms with Gasteiger partial charge in [-0.05, 0) is 71.9 Å². The fourth-order valence-electron chi connectivity index (χ4n) is 7.38. The van der Waals surface area contributed by atoms with E-state index in [2.05, 4.69) is 176 Å². The van der Waals surface area contributed by atoms with Crippen LogP contribution in [0.1, 0.15) is 0 Å². The Hall–Kier alpha value is -5.85. The summed E-state index contributed by atoms with van der Waals surface area (Å²) in [6, 6.07) is 61.9. The minimum Gasteiger partial charge on any atom is -0.390 e. The largest absolute Gasteiger partial charge is 0.453 e. The molecule has 5 heteroatoms. The van der Waals surface area contributed by atoms with Crippen molar-refractivity contribution in [2.24, 2.45) is 0 Å². The van der Waals surface area contributed by atoms with Crippen molar-refractivity contribution in [3.63, 3.8) is 0 Å². The van der Waals surface area contributed by atoms with Gasteiger partial charge in [0.1, 0.15) is 16.9 Å². The molecule has 1 atom stereocenters. The highest BCUT2D eigenvalue weighted by Gasteiger charge is 2.21. The quantitative estimate of drug-likeness (QED) is 0.168. The van der Waals surface area contributed by atoms with E-state index in [0.717, 1.165) is 65.6 Å². The number of hydrogen-bond donors (Lipinski definition) is 0. The van der Waals surface area contributed by atoms with Gasteiger partial charge in [0.05, 0.1) is 0 Å². The van der Waals surface area contributed by atoms with E-state index < -0.39 is 8.24 Å². The molecule has 3 nitrogen and oxygen atoms in total. The molecule has 0 aliphatic carbocycles. The van der Waals surface area contributed by atoms with E-state index in [1.807, 2.05) is 0 Å². The topological polar surface area (TPSA) is 35.5 Å². The molecule has 1 aromatic heterocycles. The third kappa shape index (κ3) is 5.26. The van der Waals surface area contributed by atoms with Gasteiger partial charge in [0.25, 0.3) is 0 Å². The van der Waals surface area contributed by atoms with Crippen molar-refractivity contribution in [3.05, 3.63) is 176 Å². The second kappa shape index (κ2) is 12.5. The lowest BCUT2D eigenvalue weighted by molar-refractivity contribution is 0.500. The van der Waals surface area contributed by atoms with E-state index in [9.17, 15) is 0 Å². The van der Waals surface area contributed by atoms with Crippen LogP contribution in [0.5, 0.6) is 5.75 Å². The smallest absolute Gasteiger partial charge is 0.390 e. The van der Waals surface area contributed by atoms with Crippen LogP contribution in [-0.4, -0.2) is 0 Å². The monoisotopic (exact) mass is 692 g/mol. The van der Waals surface area contributed by atoms with E-state index >= 15 is 0 Å². The van der Waals surface area contributed by atoms with Crippen LogP contribution in [0.25, 0.3) is 76.2 Å². The molecule has 9 aromatic carbocycles. The first-order chi connectivity index (χ1) is 25.3. The predicted octanol–water partition coefficient (Wildman–Crippen LogP) is 13.0. The molecule has 0 bridgehead atoms. The van der Waals surface area contributed by atoms with Crippen LogP contribution >= 0.6 is 16.8 Å². The average Bonchev–Trinajstić information content (AvgIpc) is 3.35. The van der Waals surface area contributed by atoms with E-state index in [1.54, 1.807) is 0 Å². The summed E-state index contributed by atoms with van der Waals surface area (Å²) in [6.07, 6.45) is 0. The highest BCUT2D eigenvalue weighted by Crippen LogP contribution is 2.47. The van der Waals surface area contributed by atoms with Gasteiger partial charge >= 0.3 is 8.24 Å². The van der Waals surface area contributed by atoms with Gasteiger partial charge in [-0.25, -0.2) is 0 Å². The lowest BCUT2D eigenvalue weighted by Crippen LogP contribution is -2.08. The lowest BCUT2D eigenvalue weighted by atomic mass is 9.93. The first-order valence-corrected chi connectivity index (χ1v) is 19.1. The highest BCUT2D eigenvalue weighted by molar-refractivity contribution is 7.56. The molecular formula is C46H30O3P2. The third-order valence-corrected chi connectivity index (χ3v) is 12.0. The first kappa shape index (κ1) is 30.0. The van der Waals surface area contributed by atoms with Gasteiger partial charge in [-0.15, -0.1) is 0 Å². The lowest BCUT2D eigenvalue weighted by Gasteiger charge is -2.18. The molecule has 0 amide bonds. The summed E-state index contributed by atoms with van der Waals surface area (Å²) in [5.74, 6) is 0.724. The number of hydrogen-bond acceptors (Lipinski definition) is 3. The summed E-state index contributed by atoms with van der Waals surface area (Å²) in [6.45, 7) is 0. The Morgan fingerprint density at radius 1 is 0.392 bits per heavy atom. The Kier molecular flexibility index (Phi) is 7.35. The maximum absolute atomic E-state index is 7.04. The maximum Gasteiger partial charge on any atom is 0.453 e. The average molecular weight is 693 g/mol. The summed E-state index contributed by atoms with van der Waals surface area (Å²) in [5, 5.41) is 13.7. The Bertz CT molecular complexity index is 2890. The molecule has 10 aromatic rings. The van der Waals surface area contributed by atoms with Crippen molar-refractivity contribution >= 4 is 92.5 Å². The zero-order chi connectivity index (χ0) is 33.7. The van der Waals surface area contributed by atoms with Gasteiger partial charge in [-0.2, -0.15) is 0 Å². The van der Waals surface area contributed by atoms with Gasteiger partial charge < -0.3 is 12.9 Å². The van der Waals surface area contributed by atoms with E-state index in [0.29, 0.717) is 8.58 Å². The van der Waals surface area contributed by atoms with Crippen molar-refractivity contribution in [2.45, 2.75) is 0 Å². The molecule has 1 heterocycles. The Morgan fingerprint density at radius 2 is 0.843 bits per heavy atom. The standard InChI is InChI=1S/C46H30O3P2/c1-2-16-34(17-3-1)50-42-29-25-33-15-7-11-21-38(33)46(42)45-37-20-10-6-14-32(37)24-28-41(45)49-51-47-39-26-22-30-12-4-8-18-35(30)43(39)44-36-19-9-5-13-31(36)23-27-40(44)48-51/h1-29,50H. The maximum atomic E-state index is 7.04. The fourth-order valence-corrected chi connectivity index (χ4v) is 9.65. The number of fused-ring (bicyclic) bond motifs is 9. The van der Waals surface area contributed by atoms with Crippen molar-refractivity contribution in [3.8, 4) is 16.9 Å². The van der Waals surface area contributed by atoms with Crippen LogP contribution in [0.15, 0.2) is 184 Å². The van der Waals surface area contributed by atoms with Crippen LogP contribution < -0.4 is 15.1 Å². The molecule has 1 unspecified atom stereocenters. The molecule has 0 saturated heterocycles. The second-order valence-corrected chi connectivity index (χ2v) is 15.0. The number of rotatable bonds is 5. The zero-order valence-electron chi connectivity index (χ0n) is 27.4. The fraction of sp³-hybridized carbons (Fsp3) is 0. The van der Waals surface area contributed by atoms with Gasteiger partial charge in [-0.1, -0.05) is 166 Å². The van der Waals surface area contributed by atoms with E-state index in [4.69, 9.17) is 12.9 Å². The molecule has 10 rings (SSSR count). The molecular weight excluding hydrogens is 662 g/mol. The van der Waals surface area contributed by atoms with E-state index in [-0.39, 0.29) is 0 Å². The van der Waals surface area contributed by atoms with Crippen LogP contribution in [0.3, 0.4) is 0 Å². The third-order valence-electron chi connectivity index (χ3n) is 9.67. The Morgan fingerprint density at radius 3 is 1.43 bits per heavy atom. The van der Waals surface area contributed by atoms with Crippen molar-refractivity contribution in [1.29, 1.82) is 0 Å². The SMILES string of the molecule is c1ccc(Pc2ccc3ccccc3c2-c2c(Op3oc4ccc5ccccc5c4c4c(ccc5ccccc54)o3)ccc3ccccc23)cc1. The van der Waals surface area contributed by atoms with Crippen molar-refractivity contribution in [2.75, 3.05) is 0 Å². The molecule has 51 heavy (non-hydrogen) atoms. The predicted molar refractivity (Wildman–Crippen MR) is 218 cm³/mol. The van der Waals surface area contributed by atoms with Crippen LogP contribution in [-0.2, 0) is 0 Å². The van der Waals surface area contributed by atoms with Crippen LogP contribution in [0.2, 0.25) is 0 Å². The van der Waals surface area contributed by atoms with Gasteiger partial charge in [0.15, 0.2) is 0 Å². The summed E-state index contributed by atoms with van der Waals surface area (Å²) < 4.78 is 20.7. The molecule has 0 aliphatic heterocycles. The Balaban J connectivity index is 1.27. The van der Waals surface area contributed by atoms with Gasteiger partial charge in [0.2, 0.25) is 0 Å². The minimum atomic E-state index is -1.92. The molecule has 0 aliphatic rings. The first-order valence-electron chi connectivity index (χ1n) is 17.0. The molecule has 0 radical (unpaired) electrons. The summed E-state index contributed by atoms with van der Waals surface area (Å²) in [5.41, 5.74) is 3.70. The van der Waals surface area contributed by atoms with Crippen molar-refractivity contribution in [1.82, 2.24) is 0 Å². The molecule has 0 N–H and O–H groups in total. The van der Waals surface area contributed by atoms with Gasteiger partial charge in [-0.3, -0.25) is 0 Å². The highest BCUT2D eigenvalue weighted by atomic mass is 31.1. The van der Waals surface area contributed by atoms with Gasteiger partial charge in [0, 0.05) is 21.9 Å². The van der Waals surface area contributed by atoms with Crippen LogP contribution in [0, 0.1) is 0 Å². The molecule has 242 valence electrons. The molecule has 0 spiro atoms. The minimum absolute atomic E-state index is 0.458. The van der Waals surface area contributed by atoms with Crippen molar-refractivity contribution < 1.29 is 12.9 Å². The second-order valence-electron chi connectivity index (χ2n) is 12.7. The molecule has 0 fully saturated rings. The summed E-state index contributed by atoms with van der Waals surface area (Å²) in [4.78, 5) is 0. The zero-order valence-corrected chi connectivity index (χ0v) is 29.3. The Labute approximate surface area is 297 Å². The van der Waals surface area contributed by atoms with E-state index in [1.165, 1.54) is 26.9 Å². The van der Waals surface area contributed by atoms with Crippen LogP contribution in [0.4, 0.5) is 0 Å². The summed E-state index contributed by atoms with van der Waals surface area (Å²) in [7, 11) is -1.46. The number of benzene rings is 9. The normalized spacial score (nSPS) is 11.8. The summed E-state index contributed by atoms with van der Waals surface area (Å²) >= 11 is 0.